The Balaban J connectivity index is 1.62. The van der Waals surface area contributed by atoms with Crippen LogP contribution in [0.3, 0.4) is 0 Å². The topological polar surface area (TPSA) is 15.3 Å². The molecule has 2 fully saturated rings. The SMILES string of the molecule is CCCN1CCC(NCC2(CCC)CC2)CC1. The molecule has 0 radical (unpaired) electrons. The van der Waals surface area contributed by atoms with Crippen LogP contribution in [0.5, 0.6) is 0 Å². The Labute approximate surface area is 107 Å². The summed E-state index contributed by atoms with van der Waals surface area (Å²) in [5.74, 6) is 0. The van der Waals surface area contributed by atoms with E-state index >= 15 is 0 Å². The van der Waals surface area contributed by atoms with Crippen LogP contribution in [0.4, 0.5) is 0 Å². The first kappa shape index (κ1) is 13.4. The van der Waals surface area contributed by atoms with Gasteiger partial charge in [-0.25, -0.2) is 0 Å². The van der Waals surface area contributed by atoms with Crippen molar-refractivity contribution in [2.45, 2.75) is 64.8 Å². The predicted octanol–water partition coefficient (Wildman–Crippen LogP) is 3.03. The lowest BCUT2D eigenvalue weighted by molar-refractivity contribution is 0.193. The van der Waals surface area contributed by atoms with E-state index in [0.29, 0.717) is 0 Å². The van der Waals surface area contributed by atoms with Crippen molar-refractivity contribution in [3.63, 3.8) is 0 Å². The molecule has 2 nitrogen and oxygen atoms in total. The molecule has 0 atom stereocenters. The molecule has 2 heteroatoms. The highest BCUT2D eigenvalue weighted by atomic mass is 15.1. The van der Waals surface area contributed by atoms with Crippen molar-refractivity contribution in [2.75, 3.05) is 26.2 Å². The van der Waals surface area contributed by atoms with E-state index in [2.05, 4.69) is 24.1 Å². The van der Waals surface area contributed by atoms with Crippen LogP contribution in [0.2, 0.25) is 0 Å². The Hall–Kier alpha value is -0.0800. The Morgan fingerprint density at radius 2 is 1.82 bits per heavy atom. The first-order chi connectivity index (χ1) is 8.28. The maximum Gasteiger partial charge on any atom is 0.00916 e. The fourth-order valence-corrected chi connectivity index (χ4v) is 3.26. The minimum atomic E-state index is 0.718. The van der Waals surface area contributed by atoms with Crippen molar-refractivity contribution in [1.29, 1.82) is 0 Å². The summed E-state index contributed by atoms with van der Waals surface area (Å²) in [6.45, 7) is 9.82. The molecular formula is C15H30N2. The maximum absolute atomic E-state index is 3.85. The van der Waals surface area contributed by atoms with Crippen LogP contribution in [-0.2, 0) is 0 Å². The number of nitrogens with zero attached hydrogens (tertiary/aromatic N) is 1. The second kappa shape index (κ2) is 6.19. The van der Waals surface area contributed by atoms with Gasteiger partial charge in [-0.15, -0.1) is 0 Å². The lowest BCUT2D eigenvalue weighted by Gasteiger charge is -2.33. The highest BCUT2D eigenvalue weighted by Gasteiger charge is 2.41. The highest BCUT2D eigenvalue weighted by Crippen LogP contribution is 2.49. The smallest absolute Gasteiger partial charge is 0.00916 e. The van der Waals surface area contributed by atoms with Crippen molar-refractivity contribution in [1.82, 2.24) is 10.2 Å². The Kier molecular flexibility index (Phi) is 4.87. The largest absolute Gasteiger partial charge is 0.313 e. The van der Waals surface area contributed by atoms with E-state index < -0.39 is 0 Å². The predicted molar refractivity (Wildman–Crippen MR) is 74.3 cm³/mol. The van der Waals surface area contributed by atoms with Crippen LogP contribution in [0.25, 0.3) is 0 Å². The average molecular weight is 238 g/mol. The van der Waals surface area contributed by atoms with E-state index in [-0.39, 0.29) is 0 Å². The molecule has 0 spiro atoms. The van der Waals surface area contributed by atoms with Crippen LogP contribution in [0.1, 0.15) is 58.8 Å². The number of nitrogens with one attached hydrogen (secondary N) is 1. The van der Waals surface area contributed by atoms with Crippen LogP contribution in [0, 0.1) is 5.41 Å². The zero-order chi connectivity index (χ0) is 12.1. The summed E-state index contributed by atoms with van der Waals surface area (Å²) in [6.07, 6.45) is 9.78. The summed E-state index contributed by atoms with van der Waals surface area (Å²) in [7, 11) is 0. The number of hydrogen-bond donors (Lipinski definition) is 1. The summed E-state index contributed by atoms with van der Waals surface area (Å²) in [4.78, 5) is 2.62. The van der Waals surface area contributed by atoms with E-state index in [0.717, 1.165) is 11.5 Å². The molecule has 1 saturated heterocycles. The zero-order valence-corrected chi connectivity index (χ0v) is 11.8. The quantitative estimate of drug-likeness (QED) is 0.733. The molecule has 1 heterocycles. The van der Waals surface area contributed by atoms with E-state index in [4.69, 9.17) is 0 Å². The lowest BCUT2D eigenvalue weighted by atomic mass is 9.98. The molecule has 0 aromatic rings. The van der Waals surface area contributed by atoms with Crippen LogP contribution in [0.15, 0.2) is 0 Å². The summed E-state index contributed by atoms with van der Waals surface area (Å²) in [5.41, 5.74) is 0.718. The number of likely N-dealkylation sites (tertiary alicyclic amines) is 1. The second-order valence-electron chi connectivity index (χ2n) is 6.25. The van der Waals surface area contributed by atoms with E-state index in [9.17, 15) is 0 Å². The summed E-state index contributed by atoms with van der Waals surface area (Å²) < 4.78 is 0. The highest BCUT2D eigenvalue weighted by molar-refractivity contribution is 4.95. The van der Waals surface area contributed by atoms with Gasteiger partial charge in [0.2, 0.25) is 0 Å². The van der Waals surface area contributed by atoms with E-state index in [1.807, 2.05) is 0 Å². The number of hydrogen-bond acceptors (Lipinski definition) is 2. The van der Waals surface area contributed by atoms with Crippen molar-refractivity contribution in [2.24, 2.45) is 5.41 Å². The lowest BCUT2D eigenvalue weighted by Crippen LogP contribution is -2.44. The van der Waals surface area contributed by atoms with Crippen LogP contribution >= 0.6 is 0 Å². The van der Waals surface area contributed by atoms with Crippen molar-refractivity contribution < 1.29 is 0 Å². The van der Waals surface area contributed by atoms with E-state index in [1.165, 1.54) is 71.1 Å². The molecule has 2 aliphatic rings. The molecule has 0 amide bonds. The van der Waals surface area contributed by atoms with Gasteiger partial charge in [-0.2, -0.15) is 0 Å². The molecule has 2 rings (SSSR count). The van der Waals surface area contributed by atoms with Gasteiger partial charge in [0.05, 0.1) is 0 Å². The minimum Gasteiger partial charge on any atom is -0.313 e. The molecule has 1 aliphatic carbocycles. The van der Waals surface area contributed by atoms with Crippen molar-refractivity contribution in [3.8, 4) is 0 Å². The third-order valence-corrected chi connectivity index (χ3v) is 4.63. The Morgan fingerprint density at radius 3 is 2.35 bits per heavy atom. The molecule has 0 unspecified atom stereocenters. The van der Waals surface area contributed by atoms with Crippen LogP contribution < -0.4 is 5.32 Å². The van der Waals surface area contributed by atoms with Crippen LogP contribution in [-0.4, -0.2) is 37.1 Å². The maximum atomic E-state index is 3.85. The molecular weight excluding hydrogens is 208 g/mol. The van der Waals surface area contributed by atoms with Gasteiger partial charge in [0.25, 0.3) is 0 Å². The van der Waals surface area contributed by atoms with Crippen molar-refractivity contribution >= 4 is 0 Å². The summed E-state index contributed by atoms with van der Waals surface area (Å²) in [6, 6.07) is 0.803. The van der Waals surface area contributed by atoms with Gasteiger partial charge in [-0.3, -0.25) is 0 Å². The summed E-state index contributed by atoms with van der Waals surface area (Å²) in [5, 5.41) is 3.85. The van der Waals surface area contributed by atoms with Gasteiger partial charge in [0.1, 0.15) is 0 Å². The molecule has 1 aliphatic heterocycles. The van der Waals surface area contributed by atoms with Gasteiger partial charge in [-0.1, -0.05) is 20.3 Å². The monoisotopic (exact) mass is 238 g/mol. The molecule has 0 bridgehead atoms. The first-order valence-electron chi connectivity index (χ1n) is 7.74. The van der Waals surface area contributed by atoms with Gasteiger partial charge in [-0.05, 0) is 63.6 Å². The Morgan fingerprint density at radius 1 is 1.12 bits per heavy atom. The number of piperidine rings is 1. The van der Waals surface area contributed by atoms with E-state index in [1.54, 1.807) is 0 Å². The standard InChI is InChI=1S/C15H30N2/c1-3-7-15(8-9-15)13-16-14-5-11-17(10-4-2)12-6-14/h14,16H,3-13H2,1-2H3. The average Bonchev–Trinajstić information content (AvgIpc) is 3.10. The number of rotatable bonds is 7. The molecule has 100 valence electrons. The normalized spacial score (nSPS) is 25.1. The molecule has 1 N–H and O–H groups in total. The summed E-state index contributed by atoms with van der Waals surface area (Å²) >= 11 is 0. The van der Waals surface area contributed by atoms with Crippen molar-refractivity contribution in [3.05, 3.63) is 0 Å². The third-order valence-electron chi connectivity index (χ3n) is 4.63. The van der Waals surface area contributed by atoms with Gasteiger partial charge < -0.3 is 10.2 Å². The minimum absolute atomic E-state index is 0.718. The third kappa shape index (κ3) is 3.96. The molecule has 17 heavy (non-hydrogen) atoms. The van der Waals surface area contributed by atoms with Gasteiger partial charge in [0.15, 0.2) is 0 Å². The fraction of sp³-hybridized carbons (Fsp3) is 1.00. The van der Waals surface area contributed by atoms with Gasteiger partial charge >= 0.3 is 0 Å². The second-order valence-corrected chi connectivity index (χ2v) is 6.25. The molecule has 0 aromatic carbocycles. The molecule has 1 saturated carbocycles. The molecule has 0 aromatic heterocycles. The fourth-order valence-electron chi connectivity index (χ4n) is 3.26. The zero-order valence-electron chi connectivity index (χ0n) is 11.8. The Bertz CT molecular complexity index is 215. The van der Waals surface area contributed by atoms with Gasteiger partial charge in [0, 0.05) is 12.6 Å². The first-order valence-corrected chi connectivity index (χ1v) is 7.74.